The first-order valence-corrected chi connectivity index (χ1v) is 10.9. The van der Waals surface area contributed by atoms with E-state index in [1.165, 1.54) is 11.3 Å². The quantitative estimate of drug-likeness (QED) is 0.184. The van der Waals surface area contributed by atoms with E-state index >= 15 is 0 Å². The fourth-order valence-electron chi connectivity index (χ4n) is 4.17. The molecule has 0 fully saturated rings. The summed E-state index contributed by atoms with van der Waals surface area (Å²) in [6.45, 7) is 1.02. The number of benzene rings is 3. The number of thiophene rings is 1. The van der Waals surface area contributed by atoms with Crippen LogP contribution in [0.3, 0.4) is 0 Å². The SMILES string of the molecule is Cc1cc(-c2nnc(-c3cccs3)c3cc4ccccc4cc23)cc(C(F)(F)F)c1C(F)(F)F. The summed E-state index contributed by atoms with van der Waals surface area (Å²) in [6.07, 6.45) is -10.3. The van der Waals surface area contributed by atoms with Crippen molar-refractivity contribution >= 4 is 32.9 Å². The van der Waals surface area contributed by atoms with Gasteiger partial charge in [0.15, 0.2) is 0 Å². The lowest BCUT2D eigenvalue weighted by atomic mass is 9.93. The smallest absolute Gasteiger partial charge is 0.166 e. The van der Waals surface area contributed by atoms with Crippen LogP contribution in [0.2, 0.25) is 0 Å². The van der Waals surface area contributed by atoms with E-state index in [9.17, 15) is 26.3 Å². The molecule has 0 spiro atoms. The molecule has 2 heterocycles. The zero-order valence-electron chi connectivity index (χ0n) is 17.4. The number of fused-ring (bicyclic) bond motifs is 2. The Kier molecular flexibility index (Phi) is 5.12. The van der Waals surface area contributed by atoms with Crippen LogP contribution in [-0.2, 0) is 12.4 Å². The van der Waals surface area contributed by atoms with Gasteiger partial charge in [0.2, 0.25) is 0 Å². The minimum Gasteiger partial charge on any atom is -0.166 e. The van der Waals surface area contributed by atoms with Gasteiger partial charge in [-0.05, 0) is 59.0 Å². The van der Waals surface area contributed by atoms with Crippen LogP contribution in [0.25, 0.3) is 43.4 Å². The zero-order chi connectivity index (χ0) is 24.3. The average molecular weight is 488 g/mol. The molecule has 0 saturated heterocycles. The van der Waals surface area contributed by atoms with Crippen LogP contribution in [0.4, 0.5) is 26.3 Å². The maximum Gasteiger partial charge on any atom is 0.417 e. The highest BCUT2D eigenvalue weighted by molar-refractivity contribution is 7.13. The van der Waals surface area contributed by atoms with Gasteiger partial charge in [-0.1, -0.05) is 30.3 Å². The molecule has 0 bridgehead atoms. The van der Waals surface area contributed by atoms with Crippen molar-refractivity contribution in [3.8, 4) is 21.8 Å². The Hall–Kier alpha value is -3.46. The predicted octanol–water partition coefficient (Wildman–Crippen LogP) is 8.52. The highest BCUT2D eigenvalue weighted by atomic mass is 32.1. The van der Waals surface area contributed by atoms with Gasteiger partial charge in [-0.25, -0.2) is 0 Å². The molecule has 34 heavy (non-hydrogen) atoms. The van der Waals surface area contributed by atoms with Crippen LogP contribution < -0.4 is 0 Å². The largest absolute Gasteiger partial charge is 0.417 e. The van der Waals surface area contributed by atoms with Gasteiger partial charge in [-0.15, -0.1) is 21.5 Å². The second-order valence-electron chi connectivity index (χ2n) is 7.83. The Labute approximate surface area is 193 Å². The zero-order valence-corrected chi connectivity index (χ0v) is 18.2. The molecule has 2 aromatic heterocycles. The lowest BCUT2D eigenvalue weighted by molar-refractivity contribution is -0.162. The number of rotatable bonds is 2. The molecule has 172 valence electrons. The second-order valence-corrected chi connectivity index (χ2v) is 8.78. The van der Waals surface area contributed by atoms with E-state index in [0.717, 1.165) is 28.6 Å². The molecule has 0 N–H and O–H groups in total. The van der Waals surface area contributed by atoms with E-state index < -0.39 is 29.0 Å². The Bertz CT molecular complexity index is 1540. The van der Waals surface area contributed by atoms with Crippen molar-refractivity contribution in [2.45, 2.75) is 19.3 Å². The Balaban J connectivity index is 1.86. The molecule has 5 aromatic rings. The third-order valence-corrected chi connectivity index (χ3v) is 6.48. The van der Waals surface area contributed by atoms with Crippen LogP contribution in [0.1, 0.15) is 16.7 Å². The van der Waals surface area contributed by atoms with Crippen molar-refractivity contribution < 1.29 is 26.3 Å². The number of aryl methyl sites for hydroxylation is 1. The van der Waals surface area contributed by atoms with Crippen LogP contribution in [0.5, 0.6) is 0 Å². The molecule has 2 nitrogen and oxygen atoms in total. The monoisotopic (exact) mass is 488 g/mol. The Morgan fingerprint density at radius 2 is 1.32 bits per heavy atom. The van der Waals surface area contributed by atoms with E-state index in [-0.39, 0.29) is 11.3 Å². The summed E-state index contributed by atoms with van der Waals surface area (Å²) >= 11 is 1.43. The molecule has 9 heteroatoms. The van der Waals surface area contributed by atoms with Crippen molar-refractivity contribution in [1.82, 2.24) is 10.2 Å². The van der Waals surface area contributed by atoms with E-state index in [0.29, 0.717) is 22.5 Å². The number of nitrogens with zero attached hydrogens (tertiary/aromatic N) is 2. The maximum atomic E-state index is 13.7. The van der Waals surface area contributed by atoms with Gasteiger partial charge >= 0.3 is 12.4 Å². The van der Waals surface area contributed by atoms with Crippen LogP contribution in [0.15, 0.2) is 66.0 Å². The van der Waals surface area contributed by atoms with Gasteiger partial charge in [0.05, 0.1) is 16.0 Å². The Morgan fingerprint density at radius 3 is 1.88 bits per heavy atom. The molecule has 0 aliphatic carbocycles. The van der Waals surface area contributed by atoms with Crippen molar-refractivity contribution in [1.29, 1.82) is 0 Å². The predicted molar refractivity (Wildman–Crippen MR) is 121 cm³/mol. The molecular formula is C25H14F6N2S. The van der Waals surface area contributed by atoms with Crippen molar-refractivity contribution in [3.63, 3.8) is 0 Å². The molecular weight excluding hydrogens is 474 g/mol. The highest BCUT2D eigenvalue weighted by Crippen LogP contribution is 2.45. The second kappa shape index (κ2) is 7.80. The van der Waals surface area contributed by atoms with Gasteiger partial charge in [-0.3, -0.25) is 0 Å². The molecule has 0 aliphatic rings. The summed E-state index contributed by atoms with van der Waals surface area (Å²) in [7, 11) is 0. The first kappa shape index (κ1) is 22.3. The standard InChI is InChI=1S/C25H14F6N2S/c1-13-9-16(12-19(24(26,27)28)21(13)25(29,30)31)22-17-10-14-5-2-3-6-15(14)11-18(17)23(33-32-22)20-7-4-8-34-20/h2-12H,1H3. The fourth-order valence-corrected chi connectivity index (χ4v) is 4.90. The van der Waals surface area contributed by atoms with E-state index in [1.807, 2.05) is 47.8 Å². The summed E-state index contributed by atoms with van der Waals surface area (Å²) in [5, 5.41) is 13.2. The molecule has 0 saturated carbocycles. The number of halogens is 6. The molecule has 0 atom stereocenters. The number of alkyl halides is 6. The van der Waals surface area contributed by atoms with Crippen LogP contribution in [-0.4, -0.2) is 10.2 Å². The van der Waals surface area contributed by atoms with Crippen molar-refractivity contribution in [3.05, 3.63) is 82.7 Å². The van der Waals surface area contributed by atoms with E-state index in [2.05, 4.69) is 10.2 Å². The topological polar surface area (TPSA) is 25.8 Å². The van der Waals surface area contributed by atoms with E-state index in [4.69, 9.17) is 0 Å². The molecule has 0 aliphatic heterocycles. The third kappa shape index (κ3) is 3.79. The summed E-state index contributed by atoms with van der Waals surface area (Å²) in [5.41, 5.74) is -3.41. The normalized spacial score (nSPS) is 12.6. The van der Waals surface area contributed by atoms with Gasteiger partial charge in [0.1, 0.15) is 11.4 Å². The van der Waals surface area contributed by atoms with Crippen molar-refractivity contribution in [2.24, 2.45) is 0 Å². The number of hydrogen-bond donors (Lipinski definition) is 0. The molecule has 0 radical (unpaired) electrons. The molecule has 3 aromatic carbocycles. The summed E-state index contributed by atoms with van der Waals surface area (Å²) in [6, 6.07) is 16.4. The fraction of sp³-hybridized carbons (Fsp3) is 0.120. The van der Waals surface area contributed by atoms with Crippen LogP contribution >= 0.6 is 11.3 Å². The highest BCUT2D eigenvalue weighted by Gasteiger charge is 2.44. The first-order valence-electron chi connectivity index (χ1n) is 10.1. The number of aromatic nitrogens is 2. The third-order valence-electron chi connectivity index (χ3n) is 5.60. The molecule has 0 amide bonds. The molecule has 0 unspecified atom stereocenters. The lowest BCUT2D eigenvalue weighted by Crippen LogP contribution is -2.18. The van der Waals surface area contributed by atoms with Crippen LogP contribution in [0, 0.1) is 6.92 Å². The maximum absolute atomic E-state index is 13.7. The minimum absolute atomic E-state index is 0.0802. The van der Waals surface area contributed by atoms with Gasteiger partial charge < -0.3 is 0 Å². The Morgan fingerprint density at radius 1 is 0.706 bits per heavy atom. The van der Waals surface area contributed by atoms with E-state index in [1.54, 1.807) is 6.07 Å². The lowest BCUT2D eigenvalue weighted by Gasteiger charge is -2.19. The summed E-state index contributed by atoms with van der Waals surface area (Å²) in [4.78, 5) is 0.818. The average Bonchev–Trinajstić information content (AvgIpc) is 3.29. The van der Waals surface area contributed by atoms with Gasteiger partial charge in [0, 0.05) is 16.3 Å². The summed E-state index contributed by atoms with van der Waals surface area (Å²) < 4.78 is 81.5. The number of hydrogen-bond acceptors (Lipinski definition) is 3. The van der Waals surface area contributed by atoms with Crippen molar-refractivity contribution in [2.75, 3.05) is 0 Å². The first-order chi connectivity index (χ1) is 16.0. The van der Waals surface area contributed by atoms with Gasteiger partial charge in [0.25, 0.3) is 0 Å². The molecule has 5 rings (SSSR count). The van der Waals surface area contributed by atoms with Gasteiger partial charge in [-0.2, -0.15) is 26.3 Å². The summed E-state index contributed by atoms with van der Waals surface area (Å²) in [5.74, 6) is 0. The minimum atomic E-state index is -5.20.